The second-order valence-corrected chi connectivity index (χ2v) is 13.9. The Balaban J connectivity index is 1.22. The highest BCUT2D eigenvalue weighted by molar-refractivity contribution is 5.89. The normalized spacial score (nSPS) is 39.5. The van der Waals surface area contributed by atoms with Gasteiger partial charge >= 0.3 is 5.97 Å². The number of ether oxygens (including phenoxy) is 4. The van der Waals surface area contributed by atoms with Gasteiger partial charge in [-0.1, -0.05) is 68.8 Å². The lowest BCUT2D eigenvalue weighted by atomic mass is 9.39. The van der Waals surface area contributed by atoms with Crippen LogP contribution in [-0.4, -0.2) is 37.7 Å². The Morgan fingerprint density at radius 2 is 1.60 bits per heavy atom. The van der Waals surface area contributed by atoms with Crippen molar-refractivity contribution in [2.45, 2.75) is 83.7 Å². The van der Waals surface area contributed by atoms with Crippen molar-refractivity contribution in [2.24, 2.45) is 34.0 Å². The molecule has 0 N–H and O–H groups in total. The van der Waals surface area contributed by atoms with Crippen LogP contribution in [0.1, 0.15) is 81.1 Å². The summed E-state index contributed by atoms with van der Waals surface area (Å²) >= 11 is 0. The molecule has 5 aliphatic rings. The lowest BCUT2D eigenvalue weighted by molar-refractivity contribution is -0.251. The molecule has 7 atom stereocenters. The molecule has 214 valence electrons. The van der Waals surface area contributed by atoms with Crippen LogP contribution in [-0.2, 0) is 25.6 Å². The first-order chi connectivity index (χ1) is 19.4. The molecule has 4 saturated carbocycles. The number of esters is 1. The highest BCUT2D eigenvalue weighted by atomic mass is 16.7. The van der Waals surface area contributed by atoms with Crippen molar-refractivity contribution < 1.29 is 23.7 Å². The molecule has 40 heavy (non-hydrogen) atoms. The van der Waals surface area contributed by atoms with E-state index in [9.17, 15) is 4.79 Å². The Labute approximate surface area is 238 Å². The zero-order valence-corrected chi connectivity index (χ0v) is 24.1. The number of rotatable bonds is 6. The Hall–Kier alpha value is -2.21. The summed E-state index contributed by atoms with van der Waals surface area (Å²) < 4.78 is 25.8. The fourth-order valence-corrected chi connectivity index (χ4v) is 10.5. The Morgan fingerprint density at radius 1 is 0.875 bits per heavy atom. The molecule has 0 radical (unpaired) electrons. The minimum Gasteiger partial charge on any atom is -0.458 e. The van der Waals surface area contributed by atoms with Gasteiger partial charge in [0.05, 0.1) is 32.0 Å². The van der Waals surface area contributed by atoms with Crippen LogP contribution in [0.25, 0.3) is 0 Å². The van der Waals surface area contributed by atoms with E-state index in [4.69, 9.17) is 18.9 Å². The van der Waals surface area contributed by atoms with Gasteiger partial charge in [-0.15, -0.1) is 0 Å². The SMILES string of the molecule is C[C@@]1(COCc2ccccc2)CCC[C@@]2(C)[C@H]1[C@H](OC(=O)c1ccccc1)C[C@H]1C[C@@H]3C[C@@]12CCC31OCCO1. The van der Waals surface area contributed by atoms with E-state index >= 15 is 0 Å². The molecule has 5 heteroatoms. The summed E-state index contributed by atoms with van der Waals surface area (Å²) in [5, 5.41) is 0. The zero-order chi connectivity index (χ0) is 27.4. The van der Waals surface area contributed by atoms with E-state index in [2.05, 4.69) is 38.1 Å². The van der Waals surface area contributed by atoms with E-state index in [1.165, 1.54) is 24.8 Å². The van der Waals surface area contributed by atoms with Crippen LogP contribution < -0.4 is 0 Å². The van der Waals surface area contributed by atoms with E-state index in [0.29, 0.717) is 43.8 Å². The summed E-state index contributed by atoms with van der Waals surface area (Å²) in [5.74, 6) is 0.611. The minimum absolute atomic E-state index is 0.0651. The van der Waals surface area contributed by atoms with Crippen molar-refractivity contribution in [3.63, 3.8) is 0 Å². The molecule has 5 fully saturated rings. The first-order valence-corrected chi connectivity index (χ1v) is 15.5. The van der Waals surface area contributed by atoms with E-state index in [1.807, 2.05) is 36.4 Å². The van der Waals surface area contributed by atoms with Crippen LogP contribution in [0.4, 0.5) is 0 Å². The largest absolute Gasteiger partial charge is 0.458 e. The molecule has 2 bridgehead atoms. The number of benzene rings is 2. The molecule has 4 aliphatic carbocycles. The molecule has 0 aromatic heterocycles. The lowest BCUT2D eigenvalue weighted by Crippen LogP contribution is -2.64. The highest BCUT2D eigenvalue weighted by Crippen LogP contribution is 2.76. The van der Waals surface area contributed by atoms with Gasteiger partial charge in [-0.3, -0.25) is 0 Å². The third kappa shape index (κ3) is 4.10. The van der Waals surface area contributed by atoms with Crippen LogP contribution >= 0.6 is 0 Å². The predicted octanol–water partition coefficient (Wildman–Crippen LogP) is 7.19. The Morgan fingerprint density at radius 3 is 2.35 bits per heavy atom. The van der Waals surface area contributed by atoms with E-state index < -0.39 is 0 Å². The molecule has 2 aromatic rings. The fourth-order valence-electron chi connectivity index (χ4n) is 10.5. The molecular weight excluding hydrogens is 500 g/mol. The summed E-state index contributed by atoms with van der Waals surface area (Å²) in [6.45, 7) is 7.69. The fraction of sp³-hybridized carbons (Fsp3) is 0.629. The molecular formula is C35H44O5. The molecule has 2 aromatic carbocycles. The van der Waals surface area contributed by atoms with Gasteiger partial charge in [0.1, 0.15) is 6.10 Å². The van der Waals surface area contributed by atoms with Crippen LogP contribution in [0.2, 0.25) is 0 Å². The zero-order valence-electron chi connectivity index (χ0n) is 24.1. The summed E-state index contributed by atoms with van der Waals surface area (Å²) in [6.07, 6.45) is 8.70. The summed E-state index contributed by atoms with van der Waals surface area (Å²) in [5.41, 5.74) is 2.07. The molecule has 5 nitrogen and oxygen atoms in total. The molecule has 0 amide bonds. The van der Waals surface area contributed by atoms with Crippen molar-refractivity contribution in [1.29, 1.82) is 0 Å². The van der Waals surface area contributed by atoms with Crippen LogP contribution in [0.15, 0.2) is 60.7 Å². The summed E-state index contributed by atoms with van der Waals surface area (Å²) in [6, 6.07) is 20.0. The maximum atomic E-state index is 13.5. The second kappa shape index (κ2) is 9.96. The van der Waals surface area contributed by atoms with E-state index in [0.717, 1.165) is 32.1 Å². The number of carbonyl (C=O) groups is 1. The smallest absolute Gasteiger partial charge is 0.338 e. The third-order valence-electron chi connectivity index (χ3n) is 12.0. The highest BCUT2D eigenvalue weighted by Gasteiger charge is 2.73. The summed E-state index contributed by atoms with van der Waals surface area (Å²) in [4.78, 5) is 13.5. The van der Waals surface area contributed by atoms with Crippen LogP contribution in [0, 0.1) is 34.0 Å². The predicted molar refractivity (Wildman–Crippen MR) is 152 cm³/mol. The molecule has 1 aliphatic heterocycles. The monoisotopic (exact) mass is 544 g/mol. The van der Waals surface area contributed by atoms with Crippen LogP contribution in [0.3, 0.4) is 0 Å². The number of hydrogen-bond donors (Lipinski definition) is 0. The van der Waals surface area contributed by atoms with Crippen molar-refractivity contribution in [3.05, 3.63) is 71.8 Å². The third-order valence-corrected chi connectivity index (χ3v) is 12.0. The second-order valence-electron chi connectivity index (χ2n) is 13.9. The topological polar surface area (TPSA) is 54.0 Å². The number of carbonyl (C=O) groups excluding carboxylic acids is 1. The average Bonchev–Trinajstić information content (AvgIpc) is 3.56. The van der Waals surface area contributed by atoms with E-state index in [1.54, 1.807) is 0 Å². The Bertz CT molecular complexity index is 1210. The lowest BCUT2D eigenvalue weighted by Gasteiger charge is -2.67. The average molecular weight is 545 g/mol. The molecule has 0 unspecified atom stereocenters. The standard InChI is InChI=1S/C35H44O5/c1-32(24-37-23-25-10-5-3-6-11-25)14-9-15-33(2)30(32)29(40-31(36)26-12-7-4-8-13-26)21-27-20-28-22-34(27,33)16-17-35(28)38-18-19-39-35/h3-8,10-13,27-30H,9,14-24H2,1-2H3/t27-,28-,29-,30+,32+,33+,34+/m1/s1. The number of hydrogen-bond acceptors (Lipinski definition) is 5. The molecule has 1 heterocycles. The van der Waals surface area contributed by atoms with Gasteiger partial charge in [0.25, 0.3) is 0 Å². The van der Waals surface area contributed by atoms with Gasteiger partial charge in [-0.25, -0.2) is 4.79 Å². The molecule has 7 rings (SSSR count). The van der Waals surface area contributed by atoms with Gasteiger partial charge in [0, 0.05) is 18.3 Å². The van der Waals surface area contributed by atoms with Gasteiger partial charge in [0.2, 0.25) is 0 Å². The van der Waals surface area contributed by atoms with Gasteiger partial charge < -0.3 is 18.9 Å². The van der Waals surface area contributed by atoms with Crippen molar-refractivity contribution in [1.82, 2.24) is 0 Å². The number of fused-ring (bicyclic) bond motifs is 3. The molecule has 1 saturated heterocycles. The van der Waals surface area contributed by atoms with Gasteiger partial charge in [-0.2, -0.15) is 0 Å². The van der Waals surface area contributed by atoms with Crippen molar-refractivity contribution in [3.8, 4) is 0 Å². The van der Waals surface area contributed by atoms with Crippen molar-refractivity contribution in [2.75, 3.05) is 19.8 Å². The Kier molecular flexibility index (Phi) is 6.64. The van der Waals surface area contributed by atoms with Gasteiger partial charge in [-0.05, 0) is 78.4 Å². The first kappa shape index (κ1) is 26.7. The minimum atomic E-state index is -0.387. The van der Waals surface area contributed by atoms with Gasteiger partial charge in [0.15, 0.2) is 5.79 Å². The van der Waals surface area contributed by atoms with Crippen LogP contribution in [0.5, 0.6) is 0 Å². The molecule has 2 spiro atoms. The quantitative estimate of drug-likeness (QED) is 0.360. The maximum absolute atomic E-state index is 13.5. The van der Waals surface area contributed by atoms with Crippen molar-refractivity contribution >= 4 is 5.97 Å². The van der Waals surface area contributed by atoms with E-state index in [-0.39, 0.29) is 40.0 Å². The summed E-state index contributed by atoms with van der Waals surface area (Å²) in [7, 11) is 0. The first-order valence-electron chi connectivity index (χ1n) is 15.5. The maximum Gasteiger partial charge on any atom is 0.338 e.